The van der Waals surface area contributed by atoms with Crippen molar-refractivity contribution in [3.05, 3.63) is 0 Å². The molecule has 0 N–H and O–H groups in total. The molecule has 0 aromatic heterocycles. The molecule has 44 heavy (non-hydrogen) atoms. The second-order valence-electron chi connectivity index (χ2n) is 23.2. The van der Waals surface area contributed by atoms with Gasteiger partial charge < -0.3 is 8.55 Å². The molecule has 0 rings (SSSR count). The van der Waals surface area contributed by atoms with E-state index < -0.39 is 30.4 Å². The first-order chi connectivity index (χ1) is 18.4. The van der Waals surface area contributed by atoms with Gasteiger partial charge in [0, 0.05) is 0 Å². The maximum absolute atomic E-state index is 2.82. The van der Waals surface area contributed by atoms with Crippen LogP contribution < -0.4 is 0 Å². The van der Waals surface area contributed by atoms with Crippen LogP contribution in [0.5, 0.6) is 0 Å². The van der Waals surface area contributed by atoms with Crippen LogP contribution in [0.15, 0.2) is 0 Å². The first-order valence-corrected chi connectivity index (χ1v) is 39.5. The zero-order chi connectivity index (χ0) is 37.0. The van der Waals surface area contributed by atoms with Gasteiger partial charge in [-0.1, -0.05) is 116 Å². The molecule has 264 valence electrons. The molecular formula is C37H87GeSi6-. The molecule has 0 bridgehead atoms. The van der Waals surface area contributed by atoms with Crippen LogP contribution in [0.25, 0.3) is 0 Å². The van der Waals surface area contributed by atoms with Gasteiger partial charge in [-0.2, -0.15) is 0 Å². The van der Waals surface area contributed by atoms with Gasteiger partial charge in [-0.05, 0) is 0 Å². The molecule has 7 heteroatoms. The van der Waals surface area contributed by atoms with Crippen LogP contribution >= 0.6 is 0 Å². The molecule has 0 heterocycles. The van der Waals surface area contributed by atoms with E-state index in [0.717, 1.165) is 0 Å². The summed E-state index contributed by atoms with van der Waals surface area (Å²) in [4.78, 5) is 0. The monoisotopic (exact) mass is 773 g/mol. The van der Waals surface area contributed by atoms with E-state index in [0.29, 0.717) is 40.3 Å². The van der Waals surface area contributed by atoms with Crippen molar-refractivity contribution in [2.45, 2.75) is 238 Å². The van der Waals surface area contributed by atoms with E-state index in [-0.39, 0.29) is 20.2 Å². The van der Waals surface area contributed by atoms with Crippen molar-refractivity contribution >= 4 is 59.1 Å². The van der Waals surface area contributed by atoms with Crippen LogP contribution in [0.4, 0.5) is 0 Å². The van der Waals surface area contributed by atoms with Gasteiger partial charge in [0.15, 0.2) is 0 Å². The van der Waals surface area contributed by atoms with Crippen molar-refractivity contribution in [1.29, 1.82) is 0 Å². The zero-order valence-electron chi connectivity index (χ0n) is 36.5. The Morgan fingerprint density at radius 1 is 0.341 bits per heavy atom. The molecule has 0 saturated carbocycles. The minimum atomic E-state index is -1.42. The average molecular weight is 773 g/mol. The van der Waals surface area contributed by atoms with Crippen LogP contribution in [0.1, 0.15) is 166 Å². The Bertz CT molecular complexity index is 837. The minimum absolute atomic E-state index is 0.169. The van der Waals surface area contributed by atoms with Crippen molar-refractivity contribution in [2.24, 2.45) is 0 Å². The van der Waals surface area contributed by atoms with Crippen LogP contribution in [0, 0.1) is 0 Å². The van der Waals surface area contributed by atoms with Crippen LogP contribution in [0.2, 0.25) is 72.3 Å². The Morgan fingerprint density at radius 2 is 0.500 bits per heavy atom. The number of rotatable bonds is 4. The van der Waals surface area contributed by atoms with Crippen molar-refractivity contribution in [3.63, 3.8) is 0 Å². The summed E-state index contributed by atoms with van der Waals surface area (Å²) in [6.45, 7) is 72.1. The Kier molecular flexibility index (Phi) is 15.1. The Balaban J connectivity index is 0. The molecular weight excluding hydrogens is 686 g/mol. The average Bonchev–Trinajstić information content (AvgIpc) is 2.67. The molecule has 0 aliphatic carbocycles. The van der Waals surface area contributed by atoms with E-state index in [1.807, 2.05) is 0 Å². The Hall–Kier alpha value is 1.84. The SMILES string of the molecule is CC(C)(C)[Si](C)([Si-][Si](C)(C(C)(C)C)C(C)(C)C)C(C)(C)C.[CH3][Ge]=[Si]([Si](C)(C(C)(C)C)C(C)(C)C)[Si](C)(C(C)(C)C)C(C)(C)C. The standard InChI is InChI=1S/C19H45GeSi3.C18H42Si3/c1-16(2,3)22(14,17(4,5)6)21(20-13)23(15,18(7,8)9)19(10,11)12;1-15(2,3)20(13,16(4,5)6)19-21(14,17(7,8)9)18(10,11)12/h1-15H3;1-14H3/q;-1. The first-order valence-electron chi connectivity index (χ1n) is 17.8. The molecule has 0 unspecified atom stereocenters. The van der Waals surface area contributed by atoms with E-state index in [4.69, 9.17) is 0 Å². The molecule has 0 nitrogen and oxygen atoms in total. The summed E-state index contributed by atoms with van der Waals surface area (Å²) in [6.07, 6.45) is 0. The van der Waals surface area contributed by atoms with Gasteiger partial charge in [-0.25, -0.2) is 0 Å². The first kappa shape index (κ1) is 48.0. The van der Waals surface area contributed by atoms with Gasteiger partial charge in [0.1, 0.15) is 0 Å². The zero-order valence-corrected chi connectivity index (χ0v) is 44.6. The van der Waals surface area contributed by atoms with Gasteiger partial charge >= 0.3 is 157 Å². The quantitative estimate of drug-likeness (QED) is 0.250. The fraction of sp³-hybridized carbons (Fsp3) is 1.00. The molecule has 0 aliphatic heterocycles. The Labute approximate surface area is 295 Å². The van der Waals surface area contributed by atoms with Crippen LogP contribution in [0.3, 0.4) is 0 Å². The van der Waals surface area contributed by atoms with E-state index >= 15 is 0 Å². The van der Waals surface area contributed by atoms with Crippen molar-refractivity contribution in [1.82, 2.24) is 0 Å². The van der Waals surface area contributed by atoms with Gasteiger partial charge in [-0.15, -0.1) is 15.2 Å². The van der Waals surface area contributed by atoms with E-state index in [9.17, 15) is 0 Å². The molecule has 0 amide bonds. The maximum atomic E-state index is 2.82. The summed E-state index contributed by atoms with van der Waals surface area (Å²) in [6, 6.07) is 0. The van der Waals surface area contributed by atoms with Gasteiger partial charge in [0.25, 0.3) is 0 Å². The predicted octanol–water partition coefficient (Wildman–Crippen LogP) is 14.3. The fourth-order valence-electron chi connectivity index (χ4n) is 8.25. The van der Waals surface area contributed by atoms with Gasteiger partial charge in [0.2, 0.25) is 0 Å². The second-order valence-corrected chi connectivity index (χ2v) is 77.8. The molecule has 0 aromatic carbocycles. The summed E-state index contributed by atoms with van der Waals surface area (Å²) < 4.78 is 0. The van der Waals surface area contributed by atoms with Crippen molar-refractivity contribution in [3.8, 4) is 0 Å². The van der Waals surface area contributed by atoms with E-state index in [1.165, 1.54) is 8.55 Å². The summed E-state index contributed by atoms with van der Waals surface area (Å²) in [7, 11) is -4.47. The van der Waals surface area contributed by atoms with Crippen LogP contribution in [-0.2, 0) is 0 Å². The third kappa shape index (κ3) is 9.14. The van der Waals surface area contributed by atoms with Crippen LogP contribution in [-0.4, -0.2) is 59.1 Å². The Morgan fingerprint density at radius 3 is 0.591 bits per heavy atom. The molecule has 0 fully saturated rings. The molecule has 0 saturated heterocycles. The number of hydrogen-bond donors (Lipinski definition) is 0. The summed E-state index contributed by atoms with van der Waals surface area (Å²) in [5.41, 5.74) is 0. The third-order valence-electron chi connectivity index (χ3n) is 13.8. The van der Waals surface area contributed by atoms with E-state index in [2.05, 4.69) is 198 Å². The summed E-state index contributed by atoms with van der Waals surface area (Å²) in [5.74, 6) is 2.37. The third-order valence-corrected chi connectivity index (χ3v) is 116. The topological polar surface area (TPSA) is 0 Å². The molecule has 0 aliphatic rings. The second kappa shape index (κ2) is 13.9. The molecule has 0 spiro atoms. The van der Waals surface area contributed by atoms with Gasteiger partial charge in [-0.3, -0.25) is 0 Å². The van der Waals surface area contributed by atoms with Crippen molar-refractivity contribution < 1.29 is 0 Å². The van der Waals surface area contributed by atoms with Crippen molar-refractivity contribution in [2.75, 3.05) is 0 Å². The fourth-order valence-corrected chi connectivity index (χ4v) is 139. The molecule has 2 radical (unpaired) electrons. The summed E-state index contributed by atoms with van der Waals surface area (Å²) in [5, 5.41) is 3.88. The molecule has 0 aromatic rings. The van der Waals surface area contributed by atoms with E-state index in [1.54, 1.807) is 0 Å². The van der Waals surface area contributed by atoms with Gasteiger partial charge in [0.05, 0.1) is 0 Å². The predicted molar refractivity (Wildman–Crippen MR) is 227 cm³/mol. The summed E-state index contributed by atoms with van der Waals surface area (Å²) >= 11 is 0.169. The number of hydrogen-bond acceptors (Lipinski definition) is 0. The molecule has 0 atom stereocenters. The normalized spacial score (nSPS) is 15.9.